The molecule has 0 saturated heterocycles. The molecular weight excluding hydrogens is 222 g/mol. The summed E-state index contributed by atoms with van der Waals surface area (Å²) in [5.41, 5.74) is 0. The summed E-state index contributed by atoms with van der Waals surface area (Å²) in [5.74, 6) is 1.20. The first-order valence-electron chi connectivity index (χ1n) is 6.38. The van der Waals surface area contributed by atoms with Crippen LogP contribution in [0.15, 0.2) is 0 Å². The Labute approximate surface area is 99.9 Å². The van der Waals surface area contributed by atoms with Gasteiger partial charge >= 0.3 is 0 Å². The molecule has 0 aromatic heterocycles. The molecule has 1 saturated carbocycles. The number of hydrogen-bond acceptors (Lipinski definition) is 3. The predicted molar refractivity (Wildman–Crippen MR) is 68.4 cm³/mol. The van der Waals surface area contributed by atoms with Gasteiger partial charge in [-0.05, 0) is 32.2 Å². The van der Waals surface area contributed by atoms with E-state index >= 15 is 0 Å². The van der Waals surface area contributed by atoms with Gasteiger partial charge in [0.25, 0.3) is 0 Å². The largest absolute Gasteiger partial charge is 0.314 e. The molecular formula is C12H25NO2S. The Balaban J connectivity index is 2.03. The molecule has 1 unspecified atom stereocenters. The van der Waals surface area contributed by atoms with E-state index < -0.39 is 9.84 Å². The second-order valence-electron chi connectivity index (χ2n) is 5.22. The molecule has 0 radical (unpaired) electrons. The molecule has 96 valence electrons. The molecule has 1 fully saturated rings. The van der Waals surface area contributed by atoms with Gasteiger partial charge in [-0.3, -0.25) is 0 Å². The van der Waals surface area contributed by atoms with Crippen molar-refractivity contribution in [1.82, 2.24) is 5.32 Å². The van der Waals surface area contributed by atoms with Crippen LogP contribution in [0.2, 0.25) is 0 Å². The zero-order valence-corrected chi connectivity index (χ0v) is 11.4. The quantitative estimate of drug-likeness (QED) is 0.700. The molecule has 4 heteroatoms. The van der Waals surface area contributed by atoms with Crippen molar-refractivity contribution in [3.8, 4) is 0 Å². The van der Waals surface area contributed by atoms with Crippen LogP contribution in [-0.2, 0) is 9.84 Å². The molecule has 0 bridgehead atoms. The van der Waals surface area contributed by atoms with Gasteiger partial charge in [0.05, 0.1) is 5.75 Å². The van der Waals surface area contributed by atoms with E-state index in [0.29, 0.717) is 11.8 Å². The molecule has 0 amide bonds. The monoisotopic (exact) mass is 247 g/mol. The molecule has 1 aliphatic carbocycles. The van der Waals surface area contributed by atoms with Gasteiger partial charge in [-0.25, -0.2) is 8.42 Å². The van der Waals surface area contributed by atoms with Gasteiger partial charge in [-0.2, -0.15) is 0 Å². The lowest BCUT2D eigenvalue weighted by molar-refractivity contribution is 0.406. The second kappa shape index (κ2) is 6.60. The van der Waals surface area contributed by atoms with E-state index in [-0.39, 0.29) is 0 Å². The minimum Gasteiger partial charge on any atom is -0.314 e. The maximum atomic E-state index is 10.9. The van der Waals surface area contributed by atoms with Gasteiger partial charge in [0, 0.05) is 12.3 Å². The normalized spacial score (nSPS) is 20.1. The smallest absolute Gasteiger partial charge is 0.147 e. The van der Waals surface area contributed by atoms with Crippen molar-refractivity contribution >= 4 is 9.84 Å². The minimum atomic E-state index is -2.78. The fourth-order valence-electron chi connectivity index (χ4n) is 2.51. The summed E-state index contributed by atoms with van der Waals surface area (Å²) < 4.78 is 21.9. The highest BCUT2D eigenvalue weighted by Gasteiger charge is 2.17. The Bertz CT molecular complexity index is 281. The Morgan fingerprint density at radius 3 is 2.50 bits per heavy atom. The Kier molecular flexibility index (Phi) is 5.76. The number of hydrogen-bond donors (Lipinski definition) is 1. The van der Waals surface area contributed by atoms with Gasteiger partial charge < -0.3 is 5.32 Å². The summed E-state index contributed by atoms with van der Waals surface area (Å²) in [5, 5.41) is 3.42. The topological polar surface area (TPSA) is 46.2 Å². The molecule has 3 nitrogen and oxygen atoms in total. The summed E-state index contributed by atoms with van der Waals surface area (Å²) in [4.78, 5) is 0. The van der Waals surface area contributed by atoms with Crippen LogP contribution in [0.1, 0.15) is 45.4 Å². The lowest BCUT2D eigenvalue weighted by Gasteiger charge is -2.17. The van der Waals surface area contributed by atoms with Crippen molar-refractivity contribution in [2.24, 2.45) is 5.92 Å². The van der Waals surface area contributed by atoms with Crippen molar-refractivity contribution in [1.29, 1.82) is 0 Å². The summed E-state index contributed by atoms with van der Waals surface area (Å²) in [6.07, 6.45) is 8.84. The zero-order chi connectivity index (χ0) is 12.0. The molecule has 16 heavy (non-hydrogen) atoms. The molecule has 0 spiro atoms. The van der Waals surface area contributed by atoms with E-state index in [9.17, 15) is 8.42 Å². The predicted octanol–water partition coefficient (Wildman–Crippen LogP) is 1.98. The van der Waals surface area contributed by atoms with Gasteiger partial charge in [-0.1, -0.05) is 25.7 Å². The van der Waals surface area contributed by atoms with Crippen molar-refractivity contribution in [3.05, 3.63) is 0 Å². The van der Waals surface area contributed by atoms with E-state index in [2.05, 4.69) is 12.2 Å². The first kappa shape index (κ1) is 14.0. The molecule has 0 heterocycles. The van der Waals surface area contributed by atoms with Crippen LogP contribution >= 0.6 is 0 Å². The maximum Gasteiger partial charge on any atom is 0.147 e. The summed E-state index contributed by atoms with van der Waals surface area (Å²) >= 11 is 0. The maximum absolute atomic E-state index is 10.9. The molecule has 0 aromatic carbocycles. The fourth-order valence-corrected chi connectivity index (χ4v) is 3.18. The highest BCUT2D eigenvalue weighted by molar-refractivity contribution is 7.90. The lowest BCUT2D eigenvalue weighted by Crippen LogP contribution is -2.29. The zero-order valence-electron chi connectivity index (χ0n) is 10.5. The average molecular weight is 247 g/mol. The standard InChI is InChI=1S/C12H25NO2S/c1-11(10-12-6-3-4-7-12)13-8-5-9-16(2,14)15/h11-13H,3-10H2,1-2H3. The molecule has 1 atom stereocenters. The molecule has 1 N–H and O–H groups in total. The van der Waals surface area contributed by atoms with Crippen molar-refractivity contribution < 1.29 is 8.42 Å². The molecule has 0 aromatic rings. The van der Waals surface area contributed by atoms with Gasteiger partial charge in [0.15, 0.2) is 0 Å². The highest BCUT2D eigenvalue weighted by atomic mass is 32.2. The van der Waals surface area contributed by atoms with Crippen molar-refractivity contribution in [3.63, 3.8) is 0 Å². The fraction of sp³-hybridized carbons (Fsp3) is 1.00. The Morgan fingerprint density at radius 1 is 1.31 bits per heavy atom. The van der Waals surface area contributed by atoms with Gasteiger partial charge in [-0.15, -0.1) is 0 Å². The third kappa shape index (κ3) is 6.48. The van der Waals surface area contributed by atoms with Gasteiger partial charge in [0.1, 0.15) is 9.84 Å². The second-order valence-corrected chi connectivity index (χ2v) is 7.48. The number of rotatable bonds is 7. The summed E-state index contributed by atoms with van der Waals surface area (Å²) in [6, 6.07) is 0.530. The van der Waals surface area contributed by atoms with Crippen LogP contribution in [0.3, 0.4) is 0 Å². The van der Waals surface area contributed by atoms with Crippen LogP contribution in [0.4, 0.5) is 0 Å². The van der Waals surface area contributed by atoms with E-state index in [1.807, 2.05) is 0 Å². The summed E-state index contributed by atoms with van der Waals surface area (Å²) in [7, 11) is -2.78. The van der Waals surface area contributed by atoms with Crippen LogP contribution in [0.5, 0.6) is 0 Å². The SMILES string of the molecule is CC(CC1CCCC1)NCCCS(C)(=O)=O. The van der Waals surface area contributed by atoms with E-state index in [1.54, 1.807) is 0 Å². The highest BCUT2D eigenvalue weighted by Crippen LogP contribution is 2.28. The first-order chi connectivity index (χ1) is 7.47. The number of sulfone groups is 1. The van der Waals surface area contributed by atoms with E-state index in [4.69, 9.17) is 0 Å². The Hall–Kier alpha value is -0.0900. The van der Waals surface area contributed by atoms with Crippen LogP contribution in [0, 0.1) is 5.92 Å². The molecule has 1 rings (SSSR count). The first-order valence-corrected chi connectivity index (χ1v) is 8.44. The van der Waals surface area contributed by atoms with E-state index in [1.165, 1.54) is 38.4 Å². The van der Waals surface area contributed by atoms with Crippen LogP contribution in [0.25, 0.3) is 0 Å². The third-order valence-electron chi connectivity index (χ3n) is 3.35. The van der Waals surface area contributed by atoms with Crippen molar-refractivity contribution in [2.45, 2.75) is 51.5 Å². The number of nitrogens with one attached hydrogen (secondary N) is 1. The third-order valence-corrected chi connectivity index (χ3v) is 4.38. The van der Waals surface area contributed by atoms with Crippen LogP contribution in [-0.4, -0.2) is 33.0 Å². The van der Waals surface area contributed by atoms with Crippen LogP contribution < -0.4 is 5.32 Å². The minimum absolute atomic E-state index is 0.302. The van der Waals surface area contributed by atoms with E-state index in [0.717, 1.165) is 18.9 Å². The lowest BCUT2D eigenvalue weighted by atomic mass is 9.99. The summed E-state index contributed by atoms with van der Waals surface area (Å²) in [6.45, 7) is 3.03. The van der Waals surface area contributed by atoms with Gasteiger partial charge in [0.2, 0.25) is 0 Å². The van der Waals surface area contributed by atoms with Crippen molar-refractivity contribution in [2.75, 3.05) is 18.6 Å². The molecule has 1 aliphatic rings. The molecule has 0 aliphatic heterocycles. The Morgan fingerprint density at radius 2 is 1.94 bits per heavy atom. The average Bonchev–Trinajstić information content (AvgIpc) is 2.63.